The summed E-state index contributed by atoms with van der Waals surface area (Å²) in [7, 11) is 0. The Hall–Kier alpha value is -0.330. The molecule has 2 unspecified atom stereocenters. The first kappa shape index (κ1) is 18.7. The number of rotatable bonds is 13. The summed E-state index contributed by atoms with van der Waals surface area (Å²) in [5, 5.41) is 0. The SMILES string of the molecule is CCCCCCCCCCCCC(=O)C1CCC(CC)C1. The first-order valence-electron chi connectivity index (χ1n) is 9.80. The molecule has 0 aromatic carbocycles. The number of ketones is 1. The summed E-state index contributed by atoms with van der Waals surface area (Å²) in [6, 6.07) is 0. The first-order valence-corrected chi connectivity index (χ1v) is 9.80. The predicted molar refractivity (Wildman–Crippen MR) is 92.6 cm³/mol. The molecule has 0 radical (unpaired) electrons. The summed E-state index contributed by atoms with van der Waals surface area (Å²) in [6.45, 7) is 4.54. The Labute approximate surface area is 133 Å². The Morgan fingerprint density at radius 3 is 1.90 bits per heavy atom. The highest BCUT2D eigenvalue weighted by atomic mass is 16.1. The van der Waals surface area contributed by atoms with E-state index in [-0.39, 0.29) is 0 Å². The Bertz CT molecular complexity index is 259. The van der Waals surface area contributed by atoms with Crippen molar-refractivity contribution in [3.05, 3.63) is 0 Å². The Balaban J connectivity index is 1.87. The van der Waals surface area contributed by atoms with Gasteiger partial charge in [0.15, 0.2) is 0 Å². The molecule has 1 saturated carbocycles. The van der Waals surface area contributed by atoms with E-state index in [4.69, 9.17) is 0 Å². The van der Waals surface area contributed by atoms with E-state index in [0.29, 0.717) is 11.7 Å². The predicted octanol–water partition coefficient (Wildman–Crippen LogP) is 6.69. The lowest BCUT2D eigenvalue weighted by molar-refractivity contribution is -0.122. The lowest BCUT2D eigenvalue weighted by atomic mass is 9.95. The molecule has 0 spiro atoms. The minimum absolute atomic E-state index is 0.425. The van der Waals surface area contributed by atoms with Gasteiger partial charge in [-0.3, -0.25) is 4.79 Å². The Kier molecular flexibility index (Phi) is 10.9. The van der Waals surface area contributed by atoms with Crippen LogP contribution in [0.1, 0.15) is 110 Å². The summed E-state index contributed by atoms with van der Waals surface area (Å²) >= 11 is 0. The van der Waals surface area contributed by atoms with Crippen molar-refractivity contribution in [1.82, 2.24) is 0 Å². The van der Waals surface area contributed by atoms with E-state index in [2.05, 4.69) is 13.8 Å². The molecule has 0 amide bonds. The summed E-state index contributed by atoms with van der Waals surface area (Å²) in [4.78, 5) is 12.1. The molecule has 0 N–H and O–H groups in total. The monoisotopic (exact) mass is 294 g/mol. The minimum atomic E-state index is 0.425. The second-order valence-corrected chi connectivity index (χ2v) is 7.18. The van der Waals surface area contributed by atoms with Gasteiger partial charge in [0.1, 0.15) is 5.78 Å². The second-order valence-electron chi connectivity index (χ2n) is 7.18. The Morgan fingerprint density at radius 2 is 1.38 bits per heavy atom. The highest BCUT2D eigenvalue weighted by molar-refractivity contribution is 5.81. The largest absolute Gasteiger partial charge is 0.299 e. The fourth-order valence-corrected chi connectivity index (χ4v) is 3.73. The quantitative estimate of drug-likeness (QED) is 0.346. The van der Waals surface area contributed by atoms with Crippen molar-refractivity contribution in [3.63, 3.8) is 0 Å². The van der Waals surface area contributed by atoms with Gasteiger partial charge in [-0.2, -0.15) is 0 Å². The molecule has 1 heteroatoms. The summed E-state index contributed by atoms with van der Waals surface area (Å²) < 4.78 is 0. The third kappa shape index (κ3) is 8.63. The normalized spacial score (nSPS) is 21.8. The minimum Gasteiger partial charge on any atom is -0.299 e. The standard InChI is InChI=1S/C20H38O/c1-3-5-6-7-8-9-10-11-12-13-14-20(21)19-16-15-18(4-2)17-19/h18-19H,3-17H2,1-2H3. The van der Waals surface area contributed by atoms with Gasteiger partial charge in [-0.1, -0.05) is 78.1 Å². The van der Waals surface area contributed by atoms with Gasteiger partial charge in [-0.05, 0) is 31.6 Å². The molecule has 0 aliphatic heterocycles. The number of carbonyl (C=O) groups is 1. The van der Waals surface area contributed by atoms with Crippen LogP contribution in [0.3, 0.4) is 0 Å². The van der Waals surface area contributed by atoms with Crippen molar-refractivity contribution in [2.45, 2.75) is 110 Å². The van der Waals surface area contributed by atoms with Crippen LogP contribution in [-0.2, 0) is 4.79 Å². The van der Waals surface area contributed by atoms with Gasteiger partial charge in [0.2, 0.25) is 0 Å². The molecule has 0 heterocycles. The smallest absolute Gasteiger partial charge is 0.135 e. The van der Waals surface area contributed by atoms with E-state index < -0.39 is 0 Å². The number of carbonyl (C=O) groups excluding carboxylic acids is 1. The third-order valence-electron chi connectivity index (χ3n) is 5.35. The van der Waals surface area contributed by atoms with Crippen LogP contribution in [0.25, 0.3) is 0 Å². The Morgan fingerprint density at radius 1 is 0.810 bits per heavy atom. The molecule has 1 fully saturated rings. The van der Waals surface area contributed by atoms with Crippen molar-refractivity contribution in [3.8, 4) is 0 Å². The third-order valence-corrected chi connectivity index (χ3v) is 5.35. The number of unbranched alkanes of at least 4 members (excludes halogenated alkanes) is 9. The van der Waals surface area contributed by atoms with Crippen LogP contribution in [0.4, 0.5) is 0 Å². The van der Waals surface area contributed by atoms with Crippen molar-refractivity contribution in [1.29, 1.82) is 0 Å². The number of hydrogen-bond donors (Lipinski definition) is 0. The van der Waals surface area contributed by atoms with Crippen LogP contribution in [-0.4, -0.2) is 5.78 Å². The van der Waals surface area contributed by atoms with Crippen molar-refractivity contribution in [2.75, 3.05) is 0 Å². The van der Waals surface area contributed by atoms with E-state index in [1.165, 1.54) is 83.5 Å². The van der Waals surface area contributed by atoms with Crippen molar-refractivity contribution >= 4 is 5.78 Å². The van der Waals surface area contributed by atoms with Crippen LogP contribution < -0.4 is 0 Å². The summed E-state index contributed by atoms with van der Waals surface area (Å²) in [5.41, 5.74) is 0. The van der Waals surface area contributed by atoms with Crippen LogP contribution in [0.15, 0.2) is 0 Å². The van der Waals surface area contributed by atoms with Crippen LogP contribution in [0.2, 0.25) is 0 Å². The number of Topliss-reactive ketones (excluding diaryl/α,β-unsaturated/α-hetero) is 1. The zero-order valence-electron chi connectivity index (χ0n) is 14.7. The van der Waals surface area contributed by atoms with Gasteiger partial charge in [-0.15, -0.1) is 0 Å². The fourth-order valence-electron chi connectivity index (χ4n) is 3.73. The van der Waals surface area contributed by atoms with Crippen molar-refractivity contribution in [2.24, 2.45) is 11.8 Å². The highest BCUT2D eigenvalue weighted by Gasteiger charge is 2.27. The molecule has 0 bridgehead atoms. The zero-order chi connectivity index (χ0) is 15.3. The number of hydrogen-bond acceptors (Lipinski definition) is 1. The molecule has 2 atom stereocenters. The summed E-state index contributed by atoms with van der Waals surface area (Å²) in [6.07, 6.45) is 19.3. The van der Waals surface area contributed by atoms with Gasteiger partial charge < -0.3 is 0 Å². The van der Waals surface area contributed by atoms with Crippen LogP contribution in [0.5, 0.6) is 0 Å². The molecular formula is C20H38O. The maximum atomic E-state index is 12.1. The molecule has 124 valence electrons. The second kappa shape index (κ2) is 12.2. The van der Waals surface area contributed by atoms with E-state index in [0.717, 1.165) is 18.8 Å². The lowest BCUT2D eigenvalue weighted by Crippen LogP contribution is -2.11. The van der Waals surface area contributed by atoms with Crippen molar-refractivity contribution < 1.29 is 4.79 Å². The van der Waals surface area contributed by atoms with E-state index in [1.807, 2.05) is 0 Å². The molecule has 1 aliphatic carbocycles. The highest BCUT2D eigenvalue weighted by Crippen LogP contribution is 2.34. The van der Waals surface area contributed by atoms with E-state index >= 15 is 0 Å². The average Bonchev–Trinajstić information content (AvgIpc) is 2.98. The van der Waals surface area contributed by atoms with Gasteiger partial charge in [0.25, 0.3) is 0 Å². The van der Waals surface area contributed by atoms with Gasteiger partial charge in [0.05, 0.1) is 0 Å². The van der Waals surface area contributed by atoms with Gasteiger partial charge in [0, 0.05) is 12.3 Å². The van der Waals surface area contributed by atoms with Gasteiger partial charge in [-0.25, -0.2) is 0 Å². The summed E-state index contributed by atoms with van der Waals surface area (Å²) in [5.74, 6) is 1.84. The van der Waals surface area contributed by atoms with Crippen LogP contribution >= 0.6 is 0 Å². The fraction of sp³-hybridized carbons (Fsp3) is 0.950. The molecule has 0 saturated heterocycles. The molecule has 0 aromatic rings. The van der Waals surface area contributed by atoms with Crippen LogP contribution in [0, 0.1) is 11.8 Å². The topological polar surface area (TPSA) is 17.1 Å². The van der Waals surface area contributed by atoms with Gasteiger partial charge >= 0.3 is 0 Å². The zero-order valence-corrected chi connectivity index (χ0v) is 14.7. The van der Waals surface area contributed by atoms with E-state index in [9.17, 15) is 4.79 Å². The molecule has 1 rings (SSSR count). The van der Waals surface area contributed by atoms with E-state index in [1.54, 1.807) is 0 Å². The molecular weight excluding hydrogens is 256 g/mol. The molecule has 1 aliphatic rings. The molecule has 1 nitrogen and oxygen atoms in total. The molecule has 0 aromatic heterocycles. The maximum Gasteiger partial charge on any atom is 0.135 e. The maximum absolute atomic E-state index is 12.1. The first-order chi connectivity index (χ1) is 10.3. The average molecular weight is 295 g/mol. The molecule has 21 heavy (non-hydrogen) atoms. The lowest BCUT2D eigenvalue weighted by Gasteiger charge is -2.09.